The van der Waals surface area contributed by atoms with Crippen LogP contribution in [0.2, 0.25) is 0 Å². The minimum absolute atomic E-state index is 0. The van der Waals surface area contributed by atoms with Crippen molar-refractivity contribution >= 4 is 70.5 Å². The van der Waals surface area contributed by atoms with Gasteiger partial charge in [-0.1, -0.05) is 174 Å². The summed E-state index contributed by atoms with van der Waals surface area (Å²) in [6.45, 7) is 0. The van der Waals surface area contributed by atoms with E-state index in [0.717, 1.165) is 10.8 Å². The number of para-hydroxylation sites is 6. The number of carbonyl (C=O) groups is 6. The number of carboxylic acid groups (broad SMARTS) is 6. The van der Waals surface area contributed by atoms with E-state index in [0.29, 0.717) is 5.75 Å². The molecule has 0 heterocycles. The van der Waals surface area contributed by atoms with Crippen LogP contribution in [-0.2, 0) is 19.5 Å². The number of carboxylic acids is 6. The maximum atomic E-state index is 10.7. The van der Waals surface area contributed by atoms with Crippen LogP contribution >= 0.6 is 0 Å². The van der Waals surface area contributed by atoms with Crippen LogP contribution in [0.4, 0.5) is 0 Å². The van der Waals surface area contributed by atoms with Gasteiger partial charge in [0.15, 0.2) is 0 Å². The topological polar surface area (TPSA) is 382 Å². The molecule has 0 radical (unpaired) electrons. The molecule has 0 aliphatic heterocycles. The van der Waals surface area contributed by atoms with E-state index in [-0.39, 0.29) is 76.8 Å². The van der Waals surface area contributed by atoms with E-state index >= 15 is 0 Å². The van der Waals surface area contributed by atoms with Crippen LogP contribution in [0.5, 0.6) is 40.2 Å². The summed E-state index contributed by atoms with van der Waals surface area (Å²) >= 11 is 0. The maximum absolute atomic E-state index is 10.7. The minimum Gasteiger partial charge on any atom is -0.872 e. The van der Waals surface area contributed by atoms with Gasteiger partial charge in [0.05, 0.1) is 33.4 Å². The van der Waals surface area contributed by atoms with Crippen LogP contribution in [0.3, 0.4) is 0 Å². The molecule has 0 amide bonds. The Morgan fingerprint density at radius 2 is 0.452 bits per heavy atom. The first-order valence-electron chi connectivity index (χ1n) is 19.8. The molecule has 0 bridgehead atoms. The molecule has 8 rings (SSSR count). The average molecular weight is 1150 g/mol. The van der Waals surface area contributed by atoms with Crippen molar-refractivity contribution in [2.45, 2.75) is 0 Å². The number of phenolic OH excluding ortho intramolecular Hbond substituents is 1. The zero-order valence-electron chi connectivity index (χ0n) is 37.6. The monoisotopic (exact) mass is 1150 g/mol. The molecule has 73 heavy (non-hydrogen) atoms. The number of aromatic hydroxyl groups is 1. The molecule has 0 saturated heterocycles. The summed E-state index contributed by atoms with van der Waals surface area (Å²) in [6, 6.07) is 46.5. The SMILES string of the molecule is O=C(O)c1ccccc1[O-].O=C(O)c1ccccc1[O-].O=C(O)c1ccccc1[O-].O=C(O)c1ccccc1[O-].O=C(O)c1ccccc1[O-].O=C(O)c1ccccc1[O-].Oc1ccc2ccccc2c1.[Sn+4].[Zn+2]. The van der Waals surface area contributed by atoms with Gasteiger partial charge in [-0.2, -0.15) is 0 Å². The summed E-state index contributed by atoms with van der Waals surface area (Å²) in [7, 11) is 0. The van der Waals surface area contributed by atoms with Crippen LogP contribution < -0.4 is 30.6 Å². The van der Waals surface area contributed by atoms with Crippen LogP contribution in [0.15, 0.2) is 188 Å². The molecule has 19 nitrogen and oxygen atoms in total. The molecule has 0 aliphatic carbocycles. The van der Waals surface area contributed by atoms with Crippen molar-refractivity contribution in [2.75, 3.05) is 0 Å². The molecule has 0 fully saturated rings. The summed E-state index contributed by atoms with van der Waals surface area (Å²) in [4.78, 5) is 61.3. The standard InChI is InChI=1S/C10H8O.6C7H6O3.Sn.Zn/c11-10-6-5-8-3-1-2-4-9(8)7-10;6*8-6-4-2-1-3-5(6)7(9)10;;/h1-7,11H;6*1-4,8H,(H,9,10);;/q;;;;;;;+4;+2/p-6. The Morgan fingerprint density at radius 3 is 0.630 bits per heavy atom. The van der Waals surface area contributed by atoms with E-state index in [4.69, 9.17) is 35.7 Å². The van der Waals surface area contributed by atoms with Gasteiger partial charge in [0.2, 0.25) is 0 Å². The fourth-order valence-corrected chi connectivity index (χ4v) is 5.04. The van der Waals surface area contributed by atoms with Gasteiger partial charge in [0.1, 0.15) is 5.75 Å². The Bertz CT molecular complexity index is 2640. The summed E-state index contributed by atoms with van der Waals surface area (Å²) in [6.07, 6.45) is 0. The fourth-order valence-electron chi connectivity index (χ4n) is 5.04. The first-order valence-corrected chi connectivity index (χ1v) is 19.8. The van der Waals surface area contributed by atoms with E-state index in [1.165, 1.54) is 146 Å². The quantitative estimate of drug-likeness (QED) is 0.109. The van der Waals surface area contributed by atoms with Crippen LogP contribution in [-0.4, -0.2) is 95.5 Å². The molecule has 0 aliphatic rings. The Labute approximate surface area is 444 Å². The molecule has 8 aromatic carbocycles. The molecule has 8 aromatic rings. The van der Waals surface area contributed by atoms with Gasteiger partial charge in [0, 0.05) is 0 Å². The second-order valence-electron chi connectivity index (χ2n) is 13.3. The molecule has 0 spiro atoms. The van der Waals surface area contributed by atoms with Crippen molar-refractivity contribution in [1.82, 2.24) is 0 Å². The zero-order valence-corrected chi connectivity index (χ0v) is 43.5. The van der Waals surface area contributed by atoms with Crippen LogP contribution in [0.1, 0.15) is 62.1 Å². The summed E-state index contributed by atoms with van der Waals surface area (Å²) < 4.78 is 0. The Morgan fingerprint density at radius 1 is 0.274 bits per heavy atom. The van der Waals surface area contributed by atoms with Crippen molar-refractivity contribution in [2.24, 2.45) is 0 Å². The van der Waals surface area contributed by atoms with Crippen molar-refractivity contribution in [3.05, 3.63) is 221 Å². The van der Waals surface area contributed by atoms with Crippen molar-refractivity contribution in [3.8, 4) is 40.2 Å². The summed E-state index contributed by atoms with van der Waals surface area (Å²) in [5.41, 5.74) is -1.07. The molecule has 7 N–H and O–H groups in total. The fraction of sp³-hybridized carbons (Fsp3) is 0. The first-order chi connectivity index (χ1) is 33.7. The van der Waals surface area contributed by atoms with Crippen LogP contribution in [0.25, 0.3) is 10.8 Å². The maximum Gasteiger partial charge on any atom is 4.00 e. The van der Waals surface area contributed by atoms with E-state index in [1.54, 1.807) is 12.1 Å². The number of benzene rings is 8. The largest absolute Gasteiger partial charge is 4.00 e. The number of aromatic carboxylic acids is 6. The minimum atomic E-state index is -1.18. The second-order valence-corrected chi connectivity index (χ2v) is 13.3. The third-order valence-corrected chi connectivity index (χ3v) is 8.44. The molecule has 0 aromatic heterocycles. The van der Waals surface area contributed by atoms with Crippen molar-refractivity contribution < 1.29 is 115 Å². The van der Waals surface area contributed by atoms with Crippen molar-refractivity contribution in [3.63, 3.8) is 0 Å². The molecule has 0 saturated carbocycles. The van der Waals surface area contributed by atoms with Gasteiger partial charge in [-0.3, -0.25) is 0 Å². The van der Waals surface area contributed by atoms with Gasteiger partial charge in [0.25, 0.3) is 0 Å². The third-order valence-electron chi connectivity index (χ3n) is 8.44. The van der Waals surface area contributed by atoms with E-state index in [1.807, 2.05) is 30.3 Å². The molecule has 0 atom stereocenters. The third kappa shape index (κ3) is 22.9. The van der Waals surface area contributed by atoms with Crippen LogP contribution in [0, 0.1) is 0 Å². The second kappa shape index (κ2) is 33.4. The smallest absolute Gasteiger partial charge is 0.872 e. The van der Waals surface area contributed by atoms with E-state index < -0.39 is 70.3 Å². The predicted octanol–water partition coefficient (Wildman–Crippen LogP) is 4.91. The van der Waals surface area contributed by atoms with E-state index in [2.05, 4.69) is 0 Å². The number of hydrogen-bond acceptors (Lipinski definition) is 13. The average Bonchev–Trinajstić information content (AvgIpc) is 3.33. The predicted molar refractivity (Wildman–Crippen MR) is 248 cm³/mol. The summed E-state index contributed by atoms with van der Waals surface area (Å²) in [5.74, 6) is -9.42. The normalized spacial score (nSPS) is 9.10. The molecule has 0 unspecified atom stereocenters. The first kappa shape index (κ1) is 63.9. The number of phenols is 1. The number of rotatable bonds is 6. The molecule has 366 valence electrons. The van der Waals surface area contributed by atoms with Gasteiger partial charge >= 0.3 is 79.2 Å². The molecular formula is C52H38O19SnZn. The molecule has 21 heteroatoms. The Balaban J connectivity index is 0.000000825. The summed E-state index contributed by atoms with van der Waals surface area (Å²) in [5, 5.41) is 126. The number of fused-ring (bicyclic) bond motifs is 1. The van der Waals surface area contributed by atoms with Gasteiger partial charge in [-0.05, 0) is 59.3 Å². The number of hydrogen-bond donors (Lipinski definition) is 7. The Hall–Kier alpha value is -9.14. The Kier molecular flexibility index (Phi) is 29.2. The van der Waals surface area contributed by atoms with Gasteiger partial charge in [-0.25, -0.2) is 28.8 Å². The zero-order chi connectivity index (χ0) is 53.0. The molecular weight excluding hydrogens is 1110 g/mol. The van der Waals surface area contributed by atoms with Crippen molar-refractivity contribution in [1.29, 1.82) is 0 Å². The van der Waals surface area contributed by atoms with Gasteiger partial charge in [-0.15, -0.1) is 0 Å². The van der Waals surface area contributed by atoms with Gasteiger partial charge < -0.3 is 66.4 Å². The van der Waals surface area contributed by atoms with E-state index in [9.17, 15) is 59.4 Å².